The van der Waals surface area contributed by atoms with Crippen LogP contribution in [0.3, 0.4) is 0 Å². The van der Waals surface area contributed by atoms with E-state index in [1.807, 2.05) is 61.7 Å². The zero-order chi connectivity index (χ0) is 19.9. The minimum Gasteiger partial charge on any atom is -0.369 e. The highest BCUT2D eigenvalue weighted by Crippen LogP contribution is 2.22. The first-order valence-corrected chi connectivity index (χ1v) is 10.8. The van der Waals surface area contributed by atoms with E-state index < -0.39 is 0 Å². The van der Waals surface area contributed by atoms with Crippen LogP contribution in [0.1, 0.15) is 18.9 Å². The normalized spacial score (nSPS) is 16.1. The Labute approximate surface area is 171 Å². The van der Waals surface area contributed by atoms with E-state index in [9.17, 15) is 10.1 Å². The van der Waals surface area contributed by atoms with Gasteiger partial charge in [0.1, 0.15) is 6.07 Å². The van der Waals surface area contributed by atoms with Crippen LogP contribution in [-0.4, -0.2) is 49.3 Å². The van der Waals surface area contributed by atoms with Crippen molar-refractivity contribution in [3.05, 3.63) is 54.1 Å². The van der Waals surface area contributed by atoms with Crippen LogP contribution in [0.4, 0.5) is 11.4 Å². The van der Waals surface area contributed by atoms with Gasteiger partial charge < -0.3 is 10.2 Å². The number of amides is 1. The highest BCUT2D eigenvalue weighted by atomic mass is 32.2. The second-order valence-corrected chi connectivity index (χ2v) is 7.78. The van der Waals surface area contributed by atoms with E-state index in [0.29, 0.717) is 5.56 Å². The second-order valence-electron chi connectivity index (χ2n) is 6.90. The molecule has 1 aliphatic rings. The van der Waals surface area contributed by atoms with Crippen molar-refractivity contribution in [3.8, 4) is 6.07 Å². The van der Waals surface area contributed by atoms with Crippen LogP contribution in [0.25, 0.3) is 0 Å². The molecule has 1 N–H and O–H groups in total. The maximum absolute atomic E-state index is 12.8. The number of nitrogens with one attached hydrogen (secondary N) is 1. The van der Waals surface area contributed by atoms with Crippen molar-refractivity contribution in [1.29, 1.82) is 5.26 Å². The third kappa shape index (κ3) is 4.86. The molecule has 0 bridgehead atoms. The van der Waals surface area contributed by atoms with Gasteiger partial charge in [0.15, 0.2) is 0 Å². The van der Waals surface area contributed by atoms with Gasteiger partial charge in [-0.15, -0.1) is 11.8 Å². The lowest BCUT2D eigenvalue weighted by atomic mass is 10.1. The summed E-state index contributed by atoms with van der Waals surface area (Å²) in [6.45, 7) is 5.31. The summed E-state index contributed by atoms with van der Waals surface area (Å²) in [4.78, 5) is 18.4. The smallest absolute Gasteiger partial charge is 0.241 e. The number of rotatable bonds is 5. The summed E-state index contributed by atoms with van der Waals surface area (Å²) in [7, 11) is 0. The largest absolute Gasteiger partial charge is 0.369 e. The topological polar surface area (TPSA) is 59.4 Å². The Kier molecular flexibility index (Phi) is 6.96. The molecule has 1 aliphatic heterocycles. The van der Waals surface area contributed by atoms with Crippen molar-refractivity contribution in [1.82, 2.24) is 4.90 Å². The fraction of sp³-hybridized carbons (Fsp3) is 0.364. The van der Waals surface area contributed by atoms with Gasteiger partial charge in [-0.25, -0.2) is 0 Å². The Morgan fingerprint density at radius 1 is 1.14 bits per heavy atom. The molecule has 6 heteroatoms. The molecular formula is C22H26N4OS. The van der Waals surface area contributed by atoms with Gasteiger partial charge in [0.05, 0.1) is 17.3 Å². The van der Waals surface area contributed by atoms with Gasteiger partial charge in [-0.05, 0) is 49.9 Å². The van der Waals surface area contributed by atoms with E-state index in [-0.39, 0.29) is 11.9 Å². The first-order valence-electron chi connectivity index (χ1n) is 9.55. The van der Waals surface area contributed by atoms with E-state index in [1.54, 1.807) is 11.8 Å². The molecule has 2 aromatic carbocycles. The number of nitriles is 1. The molecule has 0 saturated carbocycles. The zero-order valence-electron chi connectivity index (χ0n) is 16.4. The van der Waals surface area contributed by atoms with Gasteiger partial charge in [-0.2, -0.15) is 5.26 Å². The molecule has 5 nitrogen and oxygen atoms in total. The van der Waals surface area contributed by atoms with Crippen molar-refractivity contribution in [3.63, 3.8) is 0 Å². The van der Waals surface area contributed by atoms with E-state index in [2.05, 4.69) is 21.2 Å². The molecule has 3 rings (SSSR count). The van der Waals surface area contributed by atoms with Crippen LogP contribution in [0.5, 0.6) is 0 Å². The molecule has 0 aliphatic carbocycles. The minimum absolute atomic E-state index is 0.0177. The molecule has 0 aromatic heterocycles. The standard InChI is InChI=1S/C22H26N4OS/c1-17(22(27)24-19-8-5-9-20(15-19)28-2)25-11-6-12-26(14-13-25)21-10-4-3-7-18(21)16-23/h3-5,7-10,15,17H,6,11-14H2,1-2H3,(H,24,27)/t17-/m0/s1. The molecule has 1 atom stereocenters. The summed E-state index contributed by atoms with van der Waals surface area (Å²) >= 11 is 1.66. The third-order valence-electron chi connectivity index (χ3n) is 5.16. The number of para-hydroxylation sites is 1. The summed E-state index contributed by atoms with van der Waals surface area (Å²) in [5, 5.41) is 12.4. The molecule has 1 amide bonds. The van der Waals surface area contributed by atoms with Crippen molar-refractivity contribution in [2.75, 3.05) is 42.7 Å². The van der Waals surface area contributed by atoms with Crippen molar-refractivity contribution >= 4 is 29.0 Å². The molecule has 1 saturated heterocycles. The van der Waals surface area contributed by atoms with Crippen LogP contribution >= 0.6 is 11.8 Å². The number of hydrogen-bond donors (Lipinski definition) is 1. The number of hydrogen-bond acceptors (Lipinski definition) is 5. The van der Waals surface area contributed by atoms with Crippen LogP contribution in [-0.2, 0) is 4.79 Å². The van der Waals surface area contributed by atoms with E-state index in [0.717, 1.165) is 48.9 Å². The van der Waals surface area contributed by atoms with Gasteiger partial charge in [-0.3, -0.25) is 9.69 Å². The summed E-state index contributed by atoms with van der Waals surface area (Å²) in [6, 6.07) is 17.7. The maximum atomic E-state index is 12.8. The van der Waals surface area contributed by atoms with E-state index in [4.69, 9.17) is 0 Å². The van der Waals surface area contributed by atoms with Crippen LogP contribution in [0, 0.1) is 11.3 Å². The zero-order valence-corrected chi connectivity index (χ0v) is 17.2. The first-order chi connectivity index (χ1) is 13.6. The maximum Gasteiger partial charge on any atom is 0.241 e. The molecule has 0 unspecified atom stereocenters. The predicted octanol–water partition coefficient (Wildman–Crippen LogP) is 3.82. The Hall–Kier alpha value is -2.49. The monoisotopic (exact) mass is 394 g/mol. The quantitative estimate of drug-likeness (QED) is 0.781. The van der Waals surface area contributed by atoms with Crippen LogP contribution in [0.2, 0.25) is 0 Å². The Morgan fingerprint density at radius 3 is 2.75 bits per heavy atom. The number of carbonyl (C=O) groups is 1. The molecule has 1 heterocycles. The number of anilines is 2. The molecule has 28 heavy (non-hydrogen) atoms. The van der Waals surface area contributed by atoms with Crippen LogP contribution in [0.15, 0.2) is 53.4 Å². The number of thioether (sulfide) groups is 1. The lowest BCUT2D eigenvalue weighted by Gasteiger charge is -2.27. The number of benzene rings is 2. The molecule has 146 valence electrons. The van der Waals surface area contributed by atoms with Crippen molar-refractivity contribution < 1.29 is 4.79 Å². The molecule has 0 radical (unpaired) electrons. The van der Waals surface area contributed by atoms with Gasteiger partial charge in [0.2, 0.25) is 5.91 Å². The molecule has 0 spiro atoms. The molecular weight excluding hydrogens is 368 g/mol. The van der Waals surface area contributed by atoms with Crippen LogP contribution < -0.4 is 10.2 Å². The average Bonchev–Trinajstić information content (AvgIpc) is 2.99. The highest BCUT2D eigenvalue weighted by molar-refractivity contribution is 7.98. The minimum atomic E-state index is -0.205. The summed E-state index contributed by atoms with van der Waals surface area (Å²) in [5.74, 6) is 0.0177. The second kappa shape index (κ2) is 9.63. The number of nitrogens with zero attached hydrogens (tertiary/aromatic N) is 3. The first kappa shape index (κ1) is 20.2. The Morgan fingerprint density at radius 2 is 1.96 bits per heavy atom. The molecule has 2 aromatic rings. The summed E-state index contributed by atoms with van der Waals surface area (Å²) in [5.41, 5.74) is 2.52. The van der Waals surface area contributed by atoms with E-state index in [1.165, 1.54) is 0 Å². The third-order valence-corrected chi connectivity index (χ3v) is 5.89. The Bertz CT molecular complexity index is 864. The highest BCUT2D eigenvalue weighted by Gasteiger charge is 2.25. The predicted molar refractivity (Wildman–Crippen MR) is 116 cm³/mol. The summed E-state index contributed by atoms with van der Waals surface area (Å²) in [6.07, 6.45) is 2.98. The van der Waals surface area contributed by atoms with Gasteiger partial charge in [-0.1, -0.05) is 18.2 Å². The lowest BCUT2D eigenvalue weighted by Crippen LogP contribution is -2.44. The Balaban J connectivity index is 1.63. The summed E-state index contributed by atoms with van der Waals surface area (Å²) < 4.78 is 0. The van der Waals surface area contributed by atoms with Crippen molar-refractivity contribution in [2.45, 2.75) is 24.3 Å². The van der Waals surface area contributed by atoms with Crippen molar-refractivity contribution in [2.24, 2.45) is 0 Å². The fourth-order valence-electron chi connectivity index (χ4n) is 3.52. The molecule has 1 fully saturated rings. The number of carbonyl (C=O) groups excluding carboxylic acids is 1. The van der Waals surface area contributed by atoms with Gasteiger partial charge >= 0.3 is 0 Å². The lowest BCUT2D eigenvalue weighted by molar-refractivity contribution is -0.120. The van der Waals surface area contributed by atoms with Gasteiger partial charge in [0.25, 0.3) is 0 Å². The average molecular weight is 395 g/mol. The van der Waals surface area contributed by atoms with E-state index >= 15 is 0 Å². The SMILES string of the molecule is CSc1cccc(NC(=O)[C@H](C)N2CCCN(c3ccccc3C#N)CC2)c1. The van der Waals surface area contributed by atoms with Gasteiger partial charge in [0, 0.05) is 36.8 Å². The fourth-order valence-corrected chi connectivity index (χ4v) is 3.98.